The van der Waals surface area contributed by atoms with Gasteiger partial charge in [-0.1, -0.05) is 23.7 Å². The van der Waals surface area contributed by atoms with Crippen LogP contribution in [-0.2, 0) is 11.3 Å². The molecule has 0 amide bonds. The Bertz CT molecular complexity index is 946. The average Bonchev–Trinajstić information content (AvgIpc) is 2.69. The molecule has 7 nitrogen and oxygen atoms in total. The molecule has 1 saturated heterocycles. The predicted octanol–water partition coefficient (Wildman–Crippen LogP) is 3.20. The highest BCUT2D eigenvalue weighted by Crippen LogP contribution is 2.29. The standard InChI is InChI=1S/C18H18Cl2N6O/c1-25(10-12-2-4-13(19)5-3-12)16-15-14(21-11-22-16)17(24-18(20)23-15)26-6-8-27-9-7-26/h2-5,11H,6-10H2,1H3. The van der Waals surface area contributed by atoms with Gasteiger partial charge >= 0.3 is 0 Å². The van der Waals surface area contributed by atoms with Gasteiger partial charge in [0.1, 0.15) is 17.4 Å². The second kappa shape index (κ2) is 7.80. The lowest BCUT2D eigenvalue weighted by Gasteiger charge is -2.28. The average molecular weight is 405 g/mol. The summed E-state index contributed by atoms with van der Waals surface area (Å²) in [5.41, 5.74) is 2.44. The van der Waals surface area contributed by atoms with Gasteiger partial charge in [-0.05, 0) is 29.3 Å². The summed E-state index contributed by atoms with van der Waals surface area (Å²) >= 11 is 12.2. The maximum absolute atomic E-state index is 6.23. The van der Waals surface area contributed by atoms with E-state index in [0.29, 0.717) is 41.6 Å². The Balaban J connectivity index is 1.72. The number of morpholine rings is 1. The summed E-state index contributed by atoms with van der Waals surface area (Å²) in [7, 11) is 1.96. The fraction of sp³-hybridized carbons (Fsp3) is 0.333. The first-order valence-electron chi connectivity index (χ1n) is 8.58. The van der Waals surface area contributed by atoms with Crippen LogP contribution in [0.4, 0.5) is 11.6 Å². The van der Waals surface area contributed by atoms with E-state index in [-0.39, 0.29) is 5.28 Å². The summed E-state index contributed by atoms with van der Waals surface area (Å²) in [4.78, 5) is 21.9. The number of anilines is 2. The SMILES string of the molecule is CN(Cc1ccc(Cl)cc1)c1ncnc2c(N3CCOCC3)nc(Cl)nc12. The van der Waals surface area contributed by atoms with Crippen LogP contribution in [0.2, 0.25) is 10.3 Å². The third kappa shape index (κ3) is 3.90. The quantitative estimate of drug-likeness (QED) is 0.618. The molecule has 0 spiro atoms. The van der Waals surface area contributed by atoms with Crippen LogP contribution in [0.15, 0.2) is 30.6 Å². The number of benzene rings is 1. The van der Waals surface area contributed by atoms with Gasteiger partial charge in [-0.15, -0.1) is 0 Å². The van der Waals surface area contributed by atoms with Gasteiger partial charge in [0.2, 0.25) is 5.28 Å². The highest BCUT2D eigenvalue weighted by Gasteiger charge is 2.21. The molecule has 0 atom stereocenters. The Hall–Kier alpha value is -2.22. The van der Waals surface area contributed by atoms with Gasteiger partial charge in [0.15, 0.2) is 11.6 Å². The molecule has 1 aromatic carbocycles. The molecule has 0 saturated carbocycles. The van der Waals surface area contributed by atoms with E-state index in [1.165, 1.54) is 6.33 Å². The predicted molar refractivity (Wildman–Crippen MR) is 107 cm³/mol. The molecule has 2 aromatic heterocycles. The van der Waals surface area contributed by atoms with E-state index >= 15 is 0 Å². The Morgan fingerprint density at radius 2 is 1.78 bits per heavy atom. The van der Waals surface area contributed by atoms with Crippen LogP contribution < -0.4 is 9.80 Å². The summed E-state index contributed by atoms with van der Waals surface area (Å²) in [5, 5.41) is 0.892. The van der Waals surface area contributed by atoms with Gasteiger partial charge < -0.3 is 14.5 Å². The van der Waals surface area contributed by atoms with E-state index < -0.39 is 0 Å². The molecule has 0 bridgehead atoms. The van der Waals surface area contributed by atoms with Crippen LogP contribution in [-0.4, -0.2) is 53.3 Å². The fourth-order valence-electron chi connectivity index (χ4n) is 3.11. The van der Waals surface area contributed by atoms with Crippen molar-refractivity contribution in [3.8, 4) is 0 Å². The second-order valence-corrected chi connectivity index (χ2v) is 7.07. The van der Waals surface area contributed by atoms with E-state index in [2.05, 4.69) is 24.8 Å². The Labute approximate surface area is 166 Å². The van der Waals surface area contributed by atoms with Crippen molar-refractivity contribution >= 4 is 45.9 Å². The van der Waals surface area contributed by atoms with E-state index in [0.717, 1.165) is 24.5 Å². The fourth-order valence-corrected chi connectivity index (χ4v) is 3.40. The van der Waals surface area contributed by atoms with Crippen LogP contribution >= 0.6 is 23.2 Å². The molecule has 9 heteroatoms. The van der Waals surface area contributed by atoms with Crippen molar-refractivity contribution in [3.05, 3.63) is 46.5 Å². The summed E-state index contributed by atoms with van der Waals surface area (Å²) in [6.07, 6.45) is 1.54. The van der Waals surface area contributed by atoms with Crippen LogP contribution in [0, 0.1) is 0 Å². The van der Waals surface area contributed by atoms with Crippen molar-refractivity contribution in [2.75, 3.05) is 43.2 Å². The summed E-state index contributed by atoms with van der Waals surface area (Å²) in [5.74, 6) is 1.42. The zero-order valence-corrected chi connectivity index (χ0v) is 16.3. The third-order valence-corrected chi connectivity index (χ3v) is 4.84. The molecule has 0 N–H and O–H groups in total. The molecule has 27 heavy (non-hydrogen) atoms. The van der Waals surface area contributed by atoms with Crippen molar-refractivity contribution < 1.29 is 4.74 Å². The number of ether oxygens (including phenoxy) is 1. The number of nitrogens with zero attached hydrogens (tertiary/aromatic N) is 6. The van der Waals surface area contributed by atoms with Gasteiger partial charge in [0.25, 0.3) is 0 Å². The molecule has 0 radical (unpaired) electrons. The van der Waals surface area contributed by atoms with Gasteiger partial charge in [-0.3, -0.25) is 0 Å². The van der Waals surface area contributed by atoms with Gasteiger partial charge in [0.05, 0.1) is 13.2 Å². The van der Waals surface area contributed by atoms with E-state index in [4.69, 9.17) is 27.9 Å². The van der Waals surface area contributed by atoms with Crippen LogP contribution in [0.3, 0.4) is 0 Å². The lowest BCUT2D eigenvalue weighted by atomic mass is 10.2. The van der Waals surface area contributed by atoms with Crippen molar-refractivity contribution in [1.29, 1.82) is 0 Å². The lowest BCUT2D eigenvalue weighted by Crippen LogP contribution is -2.37. The monoisotopic (exact) mass is 404 g/mol. The number of hydrogen-bond acceptors (Lipinski definition) is 7. The van der Waals surface area contributed by atoms with Gasteiger partial charge in [-0.25, -0.2) is 15.0 Å². The normalized spacial score (nSPS) is 14.6. The minimum Gasteiger partial charge on any atom is -0.378 e. The summed E-state index contributed by atoms with van der Waals surface area (Å²) in [6, 6.07) is 7.73. The second-order valence-electron chi connectivity index (χ2n) is 6.29. The smallest absolute Gasteiger partial charge is 0.225 e. The van der Waals surface area contributed by atoms with E-state index in [1.807, 2.05) is 36.2 Å². The van der Waals surface area contributed by atoms with Crippen LogP contribution in [0.25, 0.3) is 11.0 Å². The van der Waals surface area contributed by atoms with E-state index in [1.54, 1.807) is 0 Å². The first-order chi connectivity index (χ1) is 13.1. The maximum atomic E-state index is 6.23. The Morgan fingerprint density at radius 3 is 2.52 bits per heavy atom. The summed E-state index contributed by atoms with van der Waals surface area (Å²) < 4.78 is 5.43. The third-order valence-electron chi connectivity index (χ3n) is 4.42. The first-order valence-corrected chi connectivity index (χ1v) is 9.34. The topological polar surface area (TPSA) is 67.3 Å². The van der Waals surface area contributed by atoms with Crippen LogP contribution in [0.5, 0.6) is 0 Å². The molecule has 140 valence electrons. The van der Waals surface area contributed by atoms with Crippen LogP contribution in [0.1, 0.15) is 5.56 Å². The van der Waals surface area contributed by atoms with Crippen molar-refractivity contribution in [2.24, 2.45) is 0 Å². The number of rotatable bonds is 4. The number of hydrogen-bond donors (Lipinski definition) is 0. The molecule has 0 unspecified atom stereocenters. The highest BCUT2D eigenvalue weighted by atomic mass is 35.5. The Kier molecular flexibility index (Phi) is 5.24. The molecular formula is C18H18Cl2N6O. The minimum absolute atomic E-state index is 0.180. The lowest BCUT2D eigenvalue weighted by molar-refractivity contribution is 0.122. The van der Waals surface area contributed by atoms with Crippen molar-refractivity contribution in [2.45, 2.75) is 6.54 Å². The molecule has 0 aliphatic carbocycles. The molecule has 3 heterocycles. The molecule has 1 aliphatic heterocycles. The van der Waals surface area contributed by atoms with E-state index in [9.17, 15) is 0 Å². The Morgan fingerprint density at radius 1 is 1.04 bits per heavy atom. The molecule has 3 aromatic rings. The maximum Gasteiger partial charge on any atom is 0.225 e. The highest BCUT2D eigenvalue weighted by molar-refractivity contribution is 6.30. The zero-order valence-electron chi connectivity index (χ0n) is 14.8. The zero-order chi connectivity index (χ0) is 18.8. The largest absolute Gasteiger partial charge is 0.378 e. The van der Waals surface area contributed by atoms with Crippen molar-refractivity contribution in [3.63, 3.8) is 0 Å². The number of fused-ring (bicyclic) bond motifs is 1. The number of aromatic nitrogens is 4. The summed E-state index contributed by atoms with van der Waals surface area (Å²) in [6.45, 7) is 3.43. The molecular weight excluding hydrogens is 387 g/mol. The number of halogens is 2. The van der Waals surface area contributed by atoms with Gasteiger partial charge in [0, 0.05) is 31.7 Å². The minimum atomic E-state index is 0.180. The van der Waals surface area contributed by atoms with Crippen molar-refractivity contribution in [1.82, 2.24) is 19.9 Å². The first kappa shape index (κ1) is 18.2. The molecule has 1 fully saturated rings. The molecule has 4 rings (SSSR count). The molecule has 1 aliphatic rings. The van der Waals surface area contributed by atoms with Gasteiger partial charge in [-0.2, -0.15) is 4.98 Å².